The number of alkyl halides is 2. The Balaban J connectivity index is 1.33. The predicted molar refractivity (Wildman–Crippen MR) is 86.4 cm³/mol. The lowest BCUT2D eigenvalue weighted by Crippen LogP contribution is -2.50. The molecule has 0 saturated heterocycles. The van der Waals surface area contributed by atoms with E-state index < -0.39 is 5.92 Å². The first-order chi connectivity index (χ1) is 10.9. The van der Waals surface area contributed by atoms with Gasteiger partial charge in [0.25, 0.3) is 11.8 Å². The maximum Gasteiger partial charge on any atom is 0.261 e. The Morgan fingerprint density at radius 2 is 2.13 bits per heavy atom. The van der Waals surface area contributed by atoms with Crippen molar-refractivity contribution in [2.45, 2.75) is 63.0 Å². The first kappa shape index (κ1) is 15.5. The van der Waals surface area contributed by atoms with Gasteiger partial charge in [-0.05, 0) is 50.3 Å². The van der Waals surface area contributed by atoms with Crippen molar-refractivity contribution in [2.24, 2.45) is 5.92 Å². The zero-order chi connectivity index (χ0) is 16.2. The number of hydrogen-bond acceptors (Lipinski definition) is 3. The molecular weight excluding hydrogens is 318 g/mol. The highest BCUT2D eigenvalue weighted by Gasteiger charge is 2.46. The number of hydrogen-bond donors (Lipinski definition) is 2. The SMILES string of the molecule is Cc1sc(C(=O)NC2CC(F)(F)C2)cc1C1CC1NCC1CC1. The van der Waals surface area contributed by atoms with E-state index >= 15 is 0 Å². The van der Waals surface area contributed by atoms with Gasteiger partial charge in [-0.2, -0.15) is 0 Å². The summed E-state index contributed by atoms with van der Waals surface area (Å²) < 4.78 is 25.7. The molecule has 3 aliphatic rings. The largest absolute Gasteiger partial charge is 0.348 e. The number of rotatable bonds is 6. The minimum atomic E-state index is -2.59. The van der Waals surface area contributed by atoms with Crippen LogP contribution in [0, 0.1) is 12.8 Å². The van der Waals surface area contributed by atoms with E-state index in [-0.39, 0.29) is 24.8 Å². The van der Waals surface area contributed by atoms with E-state index in [0.717, 1.165) is 18.9 Å². The molecule has 3 aliphatic carbocycles. The molecule has 0 aromatic carbocycles. The molecule has 2 N–H and O–H groups in total. The smallest absolute Gasteiger partial charge is 0.261 e. The maximum atomic E-state index is 12.8. The van der Waals surface area contributed by atoms with Crippen LogP contribution < -0.4 is 10.6 Å². The molecule has 23 heavy (non-hydrogen) atoms. The highest BCUT2D eigenvalue weighted by atomic mass is 32.1. The molecule has 1 aromatic rings. The molecule has 3 saturated carbocycles. The predicted octanol–water partition coefficient (Wildman–Crippen LogP) is 3.44. The van der Waals surface area contributed by atoms with Crippen molar-refractivity contribution in [3.63, 3.8) is 0 Å². The number of carbonyl (C=O) groups excluding carboxylic acids is 1. The summed E-state index contributed by atoms with van der Waals surface area (Å²) in [6.45, 7) is 3.16. The Kier molecular flexibility index (Phi) is 3.72. The Labute approximate surface area is 138 Å². The third kappa shape index (κ3) is 3.43. The van der Waals surface area contributed by atoms with E-state index in [2.05, 4.69) is 10.6 Å². The van der Waals surface area contributed by atoms with Crippen LogP contribution in [0.3, 0.4) is 0 Å². The van der Waals surface area contributed by atoms with Gasteiger partial charge in [-0.25, -0.2) is 8.78 Å². The number of amides is 1. The molecule has 3 fully saturated rings. The van der Waals surface area contributed by atoms with Crippen molar-refractivity contribution in [3.05, 3.63) is 21.4 Å². The van der Waals surface area contributed by atoms with Crippen LogP contribution >= 0.6 is 11.3 Å². The molecule has 1 amide bonds. The zero-order valence-corrected chi connectivity index (χ0v) is 14.0. The van der Waals surface area contributed by atoms with Crippen molar-refractivity contribution in [3.8, 4) is 0 Å². The fourth-order valence-corrected chi connectivity index (χ4v) is 4.40. The average Bonchev–Trinajstić information content (AvgIpc) is 3.34. The molecule has 6 heteroatoms. The summed E-state index contributed by atoms with van der Waals surface area (Å²) in [6.07, 6.45) is 3.39. The highest BCUT2D eigenvalue weighted by Crippen LogP contribution is 2.45. The quantitative estimate of drug-likeness (QED) is 0.833. The summed E-state index contributed by atoms with van der Waals surface area (Å²) in [5, 5.41) is 6.34. The first-order valence-corrected chi connectivity index (χ1v) is 9.25. The van der Waals surface area contributed by atoms with Gasteiger partial charge < -0.3 is 10.6 Å². The van der Waals surface area contributed by atoms with E-state index in [9.17, 15) is 13.6 Å². The van der Waals surface area contributed by atoms with E-state index in [1.165, 1.54) is 34.6 Å². The van der Waals surface area contributed by atoms with Gasteiger partial charge in [-0.1, -0.05) is 0 Å². The summed E-state index contributed by atoms with van der Waals surface area (Å²) in [4.78, 5) is 14.0. The van der Waals surface area contributed by atoms with E-state index in [1.54, 1.807) is 0 Å². The zero-order valence-electron chi connectivity index (χ0n) is 13.2. The van der Waals surface area contributed by atoms with Gasteiger partial charge >= 0.3 is 0 Å². The molecule has 0 radical (unpaired) electrons. The Hall–Kier alpha value is -1.01. The summed E-state index contributed by atoms with van der Waals surface area (Å²) in [7, 11) is 0. The van der Waals surface area contributed by atoms with Crippen molar-refractivity contribution < 1.29 is 13.6 Å². The third-order valence-corrected chi connectivity index (χ3v) is 6.23. The summed E-state index contributed by atoms with van der Waals surface area (Å²) in [5.74, 6) is -1.41. The molecular formula is C17H22F2N2OS. The fourth-order valence-electron chi connectivity index (χ4n) is 3.40. The van der Waals surface area contributed by atoms with Gasteiger partial charge in [0.2, 0.25) is 0 Å². The van der Waals surface area contributed by atoms with Crippen molar-refractivity contribution >= 4 is 17.2 Å². The van der Waals surface area contributed by atoms with Gasteiger partial charge in [0.1, 0.15) is 0 Å². The molecule has 1 heterocycles. The van der Waals surface area contributed by atoms with Crippen LogP contribution in [0.1, 0.15) is 58.1 Å². The molecule has 4 rings (SSSR count). The van der Waals surface area contributed by atoms with Gasteiger partial charge in [0, 0.05) is 35.7 Å². The molecule has 2 unspecified atom stereocenters. The molecule has 0 bridgehead atoms. The van der Waals surface area contributed by atoms with Gasteiger partial charge in [0.15, 0.2) is 0 Å². The van der Waals surface area contributed by atoms with Crippen molar-refractivity contribution in [1.82, 2.24) is 10.6 Å². The lowest BCUT2D eigenvalue weighted by atomic mass is 9.88. The summed E-state index contributed by atoms with van der Waals surface area (Å²) in [6, 6.07) is 2.14. The lowest BCUT2D eigenvalue weighted by Gasteiger charge is -2.35. The molecule has 2 atom stereocenters. The Morgan fingerprint density at radius 1 is 1.39 bits per heavy atom. The highest BCUT2D eigenvalue weighted by molar-refractivity contribution is 7.14. The van der Waals surface area contributed by atoms with Crippen LogP contribution in [0.25, 0.3) is 0 Å². The van der Waals surface area contributed by atoms with Crippen LogP contribution in [-0.2, 0) is 0 Å². The van der Waals surface area contributed by atoms with Gasteiger partial charge in [-0.15, -0.1) is 11.3 Å². The average molecular weight is 340 g/mol. The Bertz CT molecular complexity index is 618. The van der Waals surface area contributed by atoms with Crippen LogP contribution in [0.4, 0.5) is 8.78 Å². The van der Waals surface area contributed by atoms with E-state index in [4.69, 9.17) is 0 Å². The number of thiophene rings is 1. The second kappa shape index (κ2) is 5.52. The summed E-state index contributed by atoms with van der Waals surface area (Å²) >= 11 is 1.48. The second-order valence-corrected chi connectivity index (χ2v) is 8.61. The molecule has 1 aromatic heterocycles. The molecule has 3 nitrogen and oxygen atoms in total. The van der Waals surface area contributed by atoms with E-state index in [1.807, 2.05) is 13.0 Å². The van der Waals surface area contributed by atoms with Crippen LogP contribution in [-0.4, -0.2) is 30.5 Å². The summed E-state index contributed by atoms with van der Waals surface area (Å²) in [5.41, 5.74) is 1.26. The van der Waals surface area contributed by atoms with Gasteiger partial charge in [0.05, 0.1) is 4.88 Å². The maximum absolute atomic E-state index is 12.8. The van der Waals surface area contributed by atoms with Crippen molar-refractivity contribution in [2.75, 3.05) is 6.54 Å². The minimum absolute atomic E-state index is 0.201. The molecule has 0 aliphatic heterocycles. The van der Waals surface area contributed by atoms with Crippen LogP contribution in [0.15, 0.2) is 6.07 Å². The number of halogens is 2. The van der Waals surface area contributed by atoms with Crippen LogP contribution in [0.2, 0.25) is 0 Å². The second-order valence-electron chi connectivity index (χ2n) is 7.36. The number of aryl methyl sites for hydroxylation is 1. The topological polar surface area (TPSA) is 41.1 Å². The normalized spacial score (nSPS) is 29.2. The molecule has 0 spiro atoms. The third-order valence-electron chi connectivity index (χ3n) is 5.16. The number of carbonyl (C=O) groups is 1. The lowest BCUT2D eigenvalue weighted by molar-refractivity contribution is -0.0901. The number of nitrogens with one attached hydrogen (secondary N) is 2. The molecule has 126 valence electrons. The van der Waals surface area contributed by atoms with E-state index in [0.29, 0.717) is 16.8 Å². The first-order valence-electron chi connectivity index (χ1n) is 8.44. The fraction of sp³-hybridized carbons (Fsp3) is 0.706. The monoisotopic (exact) mass is 340 g/mol. The van der Waals surface area contributed by atoms with Crippen LogP contribution in [0.5, 0.6) is 0 Å². The Morgan fingerprint density at radius 3 is 2.78 bits per heavy atom. The standard InChI is InChI=1S/C17H22F2N2OS/c1-9-12(13-4-14(13)20-8-10-2-3-10)5-15(23-9)16(22)21-11-6-17(18,19)7-11/h5,10-11,13-14,20H,2-4,6-8H2,1H3,(H,21,22). The van der Waals surface area contributed by atoms with Crippen molar-refractivity contribution in [1.29, 1.82) is 0 Å². The minimum Gasteiger partial charge on any atom is -0.348 e. The van der Waals surface area contributed by atoms with Gasteiger partial charge in [-0.3, -0.25) is 4.79 Å².